The molecule has 0 aliphatic carbocycles. The van der Waals surface area contributed by atoms with E-state index in [4.69, 9.17) is 9.15 Å². The van der Waals surface area contributed by atoms with Crippen molar-refractivity contribution in [2.24, 2.45) is 0 Å². The van der Waals surface area contributed by atoms with Gasteiger partial charge in [0.25, 0.3) is 17.7 Å². The Morgan fingerprint density at radius 2 is 1.80 bits per heavy atom. The van der Waals surface area contributed by atoms with Crippen molar-refractivity contribution >= 4 is 17.7 Å². The summed E-state index contributed by atoms with van der Waals surface area (Å²) in [6, 6.07) is 15.5. The summed E-state index contributed by atoms with van der Waals surface area (Å²) < 4.78 is 10.8. The maximum Gasteiger partial charge on any atom is 0.261 e. The summed E-state index contributed by atoms with van der Waals surface area (Å²) >= 11 is 0. The molecule has 2 aromatic carbocycles. The highest BCUT2D eigenvalue weighted by Gasteiger charge is 2.36. The Morgan fingerprint density at radius 1 is 1.03 bits per heavy atom. The van der Waals surface area contributed by atoms with E-state index >= 15 is 0 Å². The van der Waals surface area contributed by atoms with Crippen LogP contribution in [-0.2, 0) is 6.54 Å². The number of amides is 3. The second kappa shape index (κ2) is 8.24. The minimum Gasteiger partial charge on any atom is -0.492 e. The van der Waals surface area contributed by atoms with Crippen LogP contribution in [0.2, 0.25) is 0 Å². The molecule has 1 aromatic heterocycles. The Bertz CT molecular complexity index is 1090. The number of benzene rings is 2. The van der Waals surface area contributed by atoms with Crippen LogP contribution in [0.1, 0.15) is 42.4 Å². The van der Waals surface area contributed by atoms with Crippen LogP contribution in [-0.4, -0.2) is 35.8 Å². The average molecular weight is 404 g/mol. The zero-order valence-corrected chi connectivity index (χ0v) is 16.4. The first-order valence-electron chi connectivity index (χ1n) is 9.53. The first-order chi connectivity index (χ1) is 14.5. The molecular weight excluding hydrogens is 384 g/mol. The molecule has 0 fully saturated rings. The Kier molecular flexibility index (Phi) is 5.34. The third kappa shape index (κ3) is 3.96. The van der Waals surface area contributed by atoms with Gasteiger partial charge in [-0.05, 0) is 49.4 Å². The van der Waals surface area contributed by atoms with Crippen LogP contribution in [0.5, 0.6) is 5.75 Å². The van der Waals surface area contributed by atoms with Gasteiger partial charge in [0, 0.05) is 5.56 Å². The number of imide groups is 1. The molecular formula is C23H20N2O5. The smallest absolute Gasteiger partial charge is 0.261 e. The van der Waals surface area contributed by atoms with Crippen molar-refractivity contribution in [2.75, 3.05) is 13.2 Å². The van der Waals surface area contributed by atoms with Crippen LogP contribution in [0.15, 0.2) is 65.3 Å². The summed E-state index contributed by atoms with van der Waals surface area (Å²) in [6.45, 7) is 2.67. The summed E-state index contributed by atoms with van der Waals surface area (Å²) in [5.41, 5.74) is 1.95. The molecule has 1 aliphatic rings. The second-order valence-electron chi connectivity index (χ2n) is 6.95. The van der Waals surface area contributed by atoms with Gasteiger partial charge in [-0.1, -0.05) is 17.7 Å². The lowest BCUT2D eigenvalue weighted by molar-refractivity contribution is 0.0631. The summed E-state index contributed by atoms with van der Waals surface area (Å²) in [6.07, 6.45) is 1.48. The van der Waals surface area contributed by atoms with E-state index in [1.165, 1.54) is 24.5 Å². The van der Waals surface area contributed by atoms with Gasteiger partial charge in [0.15, 0.2) is 0 Å². The molecule has 2 heterocycles. The Balaban J connectivity index is 1.36. The van der Waals surface area contributed by atoms with Crippen LogP contribution in [0.4, 0.5) is 0 Å². The molecule has 0 radical (unpaired) electrons. The highest BCUT2D eigenvalue weighted by Crippen LogP contribution is 2.25. The molecule has 3 amide bonds. The van der Waals surface area contributed by atoms with Gasteiger partial charge in [0.2, 0.25) is 0 Å². The maximum absolute atomic E-state index is 12.7. The molecule has 1 aliphatic heterocycles. The number of carbonyl (C=O) groups is 3. The molecule has 0 bridgehead atoms. The van der Waals surface area contributed by atoms with Crippen LogP contribution in [0, 0.1) is 6.92 Å². The van der Waals surface area contributed by atoms with Gasteiger partial charge in [0.05, 0.1) is 30.5 Å². The van der Waals surface area contributed by atoms with Crippen molar-refractivity contribution in [2.45, 2.75) is 13.5 Å². The lowest BCUT2D eigenvalue weighted by atomic mass is 10.1. The number of aryl methyl sites for hydroxylation is 1. The predicted octanol–water partition coefficient (Wildman–Crippen LogP) is 3.19. The SMILES string of the molecule is Cc1ccc(OCCNC(=O)c2ccc3c(c2)C(=O)N(Cc2ccco2)C3=O)cc1. The fourth-order valence-electron chi connectivity index (χ4n) is 3.20. The monoisotopic (exact) mass is 404 g/mol. The average Bonchev–Trinajstić information content (AvgIpc) is 3.35. The third-order valence-electron chi connectivity index (χ3n) is 4.80. The zero-order chi connectivity index (χ0) is 21.1. The van der Waals surface area contributed by atoms with E-state index < -0.39 is 11.8 Å². The Hall–Kier alpha value is -3.87. The van der Waals surface area contributed by atoms with Crippen LogP contribution in [0.3, 0.4) is 0 Å². The number of nitrogens with one attached hydrogen (secondary N) is 1. The molecule has 7 nitrogen and oxygen atoms in total. The molecule has 30 heavy (non-hydrogen) atoms. The van der Waals surface area contributed by atoms with Crippen molar-refractivity contribution in [1.82, 2.24) is 10.2 Å². The fraction of sp³-hybridized carbons (Fsp3) is 0.174. The molecule has 0 unspecified atom stereocenters. The van der Waals surface area contributed by atoms with Gasteiger partial charge in [-0.3, -0.25) is 19.3 Å². The van der Waals surface area contributed by atoms with Gasteiger partial charge in [-0.15, -0.1) is 0 Å². The van der Waals surface area contributed by atoms with E-state index in [0.717, 1.165) is 16.2 Å². The van der Waals surface area contributed by atoms with Crippen molar-refractivity contribution in [3.63, 3.8) is 0 Å². The largest absolute Gasteiger partial charge is 0.492 e. The second-order valence-corrected chi connectivity index (χ2v) is 6.95. The molecule has 1 N–H and O–H groups in total. The van der Waals surface area contributed by atoms with E-state index in [1.807, 2.05) is 31.2 Å². The van der Waals surface area contributed by atoms with Crippen molar-refractivity contribution in [1.29, 1.82) is 0 Å². The topological polar surface area (TPSA) is 88.8 Å². The number of furan rings is 1. The Labute approximate surface area is 173 Å². The Morgan fingerprint density at radius 3 is 2.53 bits per heavy atom. The minimum absolute atomic E-state index is 0.0528. The molecule has 4 rings (SSSR count). The van der Waals surface area contributed by atoms with E-state index in [1.54, 1.807) is 12.1 Å². The van der Waals surface area contributed by atoms with Gasteiger partial charge in [-0.25, -0.2) is 0 Å². The molecule has 152 valence electrons. The van der Waals surface area contributed by atoms with Gasteiger partial charge >= 0.3 is 0 Å². The number of ether oxygens (including phenoxy) is 1. The van der Waals surface area contributed by atoms with E-state index in [-0.39, 0.29) is 23.6 Å². The number of hydrogen-bond acceptors (Lipinski definition) is 5. The lowest BCUT2D eigenvalue weighted by Gasteiger charge is -2.11. The van der Waals surface area contributed by atoms with E-state index in [9.17, 15) is 14.4 Å². The summed E-state index contributed by atoms with van der Waals surface area (Å²) in [5.74, 6) is 0.0628. The maximum atomic E-state index is 12.7. The van der Waals surface area contributed by atoms with Crippen molar-refractivity contribution in [3.8, 4) is 5.75 Å². The van der Waals surface area contributed by atoms with E-state index in [2.05, 4.69) is 5.32 Å². The quantitative estimate of drug-likeness (QED) is 0.483. The zero-order valence-electron chi connectivity index (χ0n) is 16.4. The summed E-state index contributed by atoms with van der Waals surface area (Å²) in [5, 5.41) is 2.76. The molecule has 7 heteroatoms. The summed E-state index contributed by atoms with van der Waals surface area (Å²) in [4.78, 5) is 38.7. The van der Waals surface area contributed by atoms with Crippen LogP contribution < -0.4 is 10.1 Å². The third-order valence-corrected chi connectivity index (χ3v) is 4.80. The van der Waals surface area contributed by atoms with Crippen LogP contribution >= 0.6 is 0 Å². The molecule has 0 spiro atoms. The van der Waals surface area contributed by atoms with Gasteiger partial charge in [0.1, 0.15) is 18.1 Å². The normalized spacial score (nSPS) is 12.8. The molecule has 0 saturated heterocycles. The fourth-order valence-corrected chi connectivity index (χ4v) is 3.20. The molecule has 0 atom stereocenters. The first-order valence-corrected chi connectivity index (χ1v) is 9.53. The van der Waals surface area contributed by atoms with Crippen molar-refractivity contribution < 1.29 is 23.5 Å². The van der Waals surface area contributed by atoms with Gasteiger partial charge < -0.3 is 14.5 Å². The number of rotatable bonds is 7. The number of carbonyl (C=O) groups excluding carboxylic acids is 3. The number of nitrogens with zero attached hydrogens (tertiary/aromatic N) is 1. The number of hydrogen-bond donors (Lipinski definition) is 1. The lowest BCUT2D eigenvalue weighted by Crippen LogP contribution is -2.29. The first kappa shape index (κ1) is 19.4. The number of fused-ring (bicyclic) bond motifs is 1. The molecule has 3 aromatic rings. The molecule has 0 saturated carbocycles. The highest BCUT2D eigenvalue weighted by molar-refractivity contribution is 6.22. The minimum atomic E-state index is -0.441. The predicted molar refractivity (Wildman–Crippen MR) is 108 cm³/mol. The summed E-state index contributed by atoms with van der Waals surface area (Å²) in [7, 11) is 0. The van der Waals surface area contributed by atoms with Gasteiger partial charge in [-0.2, -0.15) is 0 Å². The highest BCUT2D eigenvalue weighted by atomic mass is 16.5. The van der Waals surface area contributed by atoms with Crippen molar-refractivity contribution in [3.05, 3.63) is 88.9 Å². The standard InChI is InChI=1S/C23H20N2O5/c1-15-4-7-17(8-5-15)30-12-10-24-21(26)16-6-9-19-20(13-16)23(28)25(22(19)27)14-18-3-2-11-29-18/h2-9,11,13H,10,12,14H2,1H3,(H,24,26). The van der Waals surface area contributed by atoms with E-state index in [0.29, 0.717) is 24.5 Å². The van der Waals surface area contributed by atoms with Crippen LogP contribution in [0.25, 0.3) is 0 Å².